The average Bonchev–Trinajstić information content (AvgIpc) is 2.55. The maximum absolute atomic E-state index is 12.8. The molecule has 0 amide bonds. The van der Waals surface area contributed by atoms with Crippen LogP contribution in [0.3, 0.4) is 0 Å². The zero-order valence-electron chi connectivity index (χ0n) is 14.6. The van der Waals surface area contributed by atoms with Gasteiger partial charge in [-0.05, 0) is 39.5 Å². The van der Waals surface area contributed by atoms with Crippen molar-refractivity contribution in [3.05, 3.63) is 17.6 Å². The van der Waals surface area contributed by atoms with E-state index in [0.29, 0.717) is 37.6 Å². The Hall–Kier alpha value is -1.21. The van der Waals surface area contributed by atoms with Gasteiger partial charge in [0.05, 0.1) is 5.25 Å². The summed E-state index contributed by atoms with van der Waals surface area (Å²) in [5.41, 5.74) is 0.884. The number of hydrogen-bond acceptors (Lipinski definition) is 5. The van der Waals surface area contributed by atoms with E-state index in [1.807, 2.05) is 19.9 Å². The van der Waals surface area contributed by atoms with Crippen LogP contribution in [0.4, 0.5) is 0 Å². The predicted octanol–water partition coefficient (Wildman–Crippen LogP) is 2.60. The summed E-state index contributed by atoms with van der Waals surface area (Å²) >= 11 is 0. The first-order chi connectivity index (χ1) is 11.4. The van der Waals surface area contributed by atoms with Crippen molar-refractivity contribution in [2.75, 3.05) is 13.1 Å². The van der Waals surface area contributed by atoms with Crippen LogP contribution in [-0.4, -0.2) is 47.1 Å². The van der Waals surface area contributed by atoms with Crippen LogP contribution in [0.15, 0.2) is 6.07 Å². The Morgan fingerprint density at radius 2 is 1.71 bits per heavy atom. The van der Waals surface area contributed by atoms with Crippen LogP contribution in [0.5, 0.6) is 5.88 Å². The summed E-state index contributed by atoms with van der Waals surface area (Å²) < 4.78 is 33.1. The van der Waals surface area contributed by atoms with Crippen molar-refractivity contribution < 1.29 is 13.2 Å². The third-order valence-corrected chi connectivity index (χ3v) is 7.36. The summed E-state index contributed by atoms with van der Waals surface area (Å²) in [6.45, 7) is 4.86. The molecule has 7 heteroatoms. The quantitative estimate of drug-likeness (QED) is 0.832. The topological polar surface area (TPSA) is 72.4 Å². The van der Waals surface area contributed by atoms with Crippen LogP contribution in [-0.2, 0) is 10.0 Å². The molecule has 134 valence electrons. The predicted molar refractivity (Wildman–Crippen MR) is 92.5 cm³/mol. The highest BCUT2D eigenvalue weighted by Crippen LogP contribution is 2.28. The molecule has 0 spiro atoms. The van der Waals surface area contributed by atoms with Crippen LogP contribution in [0, 0.1) is 13.8 Å². The number of nitrogens with zero attached hydrogens (tertiary/aromatic N) is 3. The second-order valence-corrected chi connectivity index (χ2v) is 9.13. The minimum Gasteiger partial charge on any atom is -0.474 e. The van der Waals surface area contributed by atoms with E-state index in [-0.39, 0.29) is 11.4 Å². The van der Waals surface area contributed by atoms with Crippen molar-refractivity contribution in [3.8, 4) is 5.88 Å². The summed E-state index contributed by atoms with van der Waals surface area (Å²) in [5.74, 6) is 1.29. The molecule has 0 radical (unpaired) electrons. The van der Waals surface area contributed by atoms with E-state index in [1.54, 1.807) is 4.31 Å². The van der Waals surface area contributed by atoms with Crippen molar-refractivity contribution in [2.24, 2.45) is 0 Å². The van der Waals surface area contributed by atoms with Crippen LogP contribution in [0.25, 0.3) is 0 Å². The van der Waals surface area contributed by atoms with Crippen molar-refractivity contribution in [3.63, 3.8) is 0 Å². The molecule has 2 aliphatic rings. The molecule has 6 nitrogen and oxygen atoms in total. The Labute approximate surface area is 144 Å². The van der Waals surface area contributed by atoms with Gasteiger partial charge in [0.15, 0.2) is 0 Å². The van der Waals surface area contributed by atoms with Gasteiger partial charge in [-0.2, -0.15) is 4.98 Å². The molecule has 1 aliphatic heterocycles. The van der Waals surface area contributed by atoms with E-state index in [0.717, 1.165) is 31.4 Å². The molecular weight excluding hydrogens is 326 g/mol. The first-order valence-corrected chi connectivity index (χ1v) is 10.4. The fraction of sp³-hybridized carbons (Fsp3) is 0.765. The Kier molecular flexibility index (Phi) is 5.39. The normalized spacial score (nSPS) is 21.8. The van der Waals surface area contributed by atoms with Crippen molar-refractivity contribution in [1.29, 1.82) is 0 Å². The Bertz CT molecular complexity index is 643. The molecule has 1 aromatic rings. The molecule has 1 saturated heterocycles. The molecule has 2 heterocycles. The van der Waals surface area contributed by atoms with Gasteiger partial charge in [0.25, 0.3) is 0 Å². The molecule has 3 rings (SSSR count). The fourth-order valence-corrected chi connectivity index (χ4v) is 5.76. The van der Waals surface area contributed by atoms with E-state index in [4.69, 9.17) is 4.74 Å². The monoisotopic (exact) mass is 353 g/mol. The molecule has 0 atom stereocenters. The van der Waals surface area contributed by atoms with E-state index in [1.165, 1.54) is 6.42 Å². The minimum absolute atomic E-state index is 0.0245. The first kappa shape index (κ1) is 17.6. The molecule has 24 heavy (non-hydrogen) atoms. The summed E-state index contributed by atoms with van der Waals surface area (Å²) in [5, 5.41) is -0.170. The Morgan fingerprint density at radius 3 is 2.33 bits per heavy atom. The molecule has 1 saturated carbocycles. The molecule has 0 unspecified atom stereocenters. The van der Waals surface area contributed by atoms with E-state index in [9.17, 15) is 8.42 Å². The average molecular weight is 353 g/mol. The second-order valence-electron chi connectivity index (χ2n) is 6.92. The second kappa shape index (κ2) is 7.35. The number of piperidine rings is 1. The highest BCUT2D eigenvalue weighted by Gasteiger charge is 2.35. The molecule has 0 aromatic carbocycles. The zero-order valence-corrected chi connectivity index (χ0v) is 15.4. The standard InChI is InChI=1S/C17H27N3O3S/c1-13-12-17(19-14(2)18-13)23-15-8-10-20(11-9-15)24(21,22)16-6-4-3-5-7-16/h12,15-16H,3-11H2,1-2H3. The summed E-state index contributed by atoms with van der Waals surface area (Å²) in [4.78, 5) is 8.55. The van der Waals surface area contributed by atoms with Crippen LogP contribution < -0.4 is 4.74 Å². The number of hydrogen-bond donors (Lipinski definition) is 0. The maximum Gasteiger partial charge on any atom is 0.217 e. The van der Waals surface area contributed by atoms with Gasteiger partial charge in [-0.15, -0.1) is 0 Å². The van der Waals surface area contributed by atoms with Gasteiger partial charge >= 0.3 is 0 Å². The molecule has 0 N–H and O–H groups in total. The van der Waals surface area contributed by atoms with Gasteiger partial charge in [-0.3, -0.25) is 0 Å². The highest BCUT2D eigenvalue weighted by molar-refractivity contribution is 7.89. The lowest BCUT2D eigenvalue weighted by molar-refractivity contribution is 0.128. The zero-order chi connectivity index (χ0) is 17.2. The summed E-state index contributed by atoms with van der Waals surface area (Å²) in [7, 11) is -3.14. The van der Waals surface area contributed by atoms with Crippen LogP contribution in [0.1, 0.15) is 56.5 Å². The molecule has 2 fully saturated rings. The lowest BCUT2D eigenvalue weighted by Gasteiger charge is -2.34. The fourth-order valence-electron chi connectivity index (χ4n) is 3.69. The van der Waals surface area contributed by atoms with Crippen molar-refractivity contribution >= 4 is 10.0 Å². The lowest BCUT2D eigenvalue weighted by atomic mass is 10.0. The molecule has 1 aromatic heterocycles. The van der Waals surface area contributed by atoms with Crippen molar-refractivity contribution in [1.82, 2.24) is 14.3 Å². The third-order valence-electron chi connectivity index (χ3n) is 4.96. The summed E-state index contributed by atoms with van der Waals surface area (Å²) in [6, 6.07) is 1.83. The minimum atomic E-state index is -3.14. The molecule has 0 bridgehead atoms. The largest absolute Gasteiger partial charge is 0.474 e. The van der Waals surface area contributed by atoms with Gasteiger partial charge in [-0.1, -0.05) is 19.3 Å². The van der Waals surface area contributed by atoms with Crippen LogP contribution in [0.2, 0.25) is 0 Å². The maximum atomic E-state index is 12.8. The van der Waals surface area contributed by atoms with Crippen LogP contribution >= 0.6 is 0 Å². The number of aromatic nitrogens is 2. The van der Waals surface area contributed by atoms with Crippen molar-refractivity contribution in [2.45, 2.75) is 70.1 Å². The van der Waals surface area contributed by atoms with E-state index >= 15 is 0 Å². The number of rotatable bonds is 4. The summed E-state index contributed by atoms with van der Waals surface area (Å²) in [6.07, 6.45) is 6.33. The van der Waals surface area contributed by atoms with Gasteiger partial charge in [0.2, 0.25) is 15.9 Å². The van der Waals surface area contributed by atoms with Gasteiger partial charge < -0.3 is 4.74 Å². The SMILES string of the molecule is Cc1cc(OC2CCN(S(=O)(=O)C3CCCCC3)CC2)nc(C)n1. The molecular formula is C17H27N3O3S. The number of ether oxygens (including phenoxy) is 1. The Morgan fingerprint density at radius 1 is 1.04 bits per heavy atom. The van der Waals surface area contributed by atoms with Gasteiger partial charge in [0.1, 0.15) is 11.9 Å². The van der Waals surface area contributed by atoms with Gasteiger partial charge in [0, 0.05) is 24.8 Å². The first-order valence-electron chi connectivity index (χ1n) is 8.93. The number of aryl methyl sites for hydroxylation is 2. The number of sulfonamides is 1. The smallest absolute Gasteiger partial charge is 0.217 e. The van der Waals surface area contributed by atoms with E-state index in [2.05, 4.69) is 9.97 Å². The molecule has 1 aliphatic carbocycles. The Balaban J connectivity index is 1.57. The third kappa shape index (κ3) is 4.06. The highest BCUT2D eigenvalue weighted by atomic mass is 32.2. The van der Waals surface area contributed by atoms with E-state index < -0.39 is 10.0 Å². The van der Waals surface area contributed by atoms with Gasteiger partial charge in [-0.25, -0.2) is 17.7 Å². The lowest BCUT2D eigenvalue weighted by Crippen LogP contribution is -2.46.